The summed E-state index contributed by atoms with van der Waals surface area (Å²) in [5.74, 6) is 0.723. The van der Waals surface area contributed by atoms with Crippen LogP contribution < -0.4 is 15.8 Å². The highest BCUT2D eigenvalue weighted by Crippen LogP contribution is 2.27. The van der Waals surface area contributed by atoms with E-state index in [0.29, 0.717) is 22.9 Å². The van der Waals surface area contributed by atoms with Gasteiger partial charge in [-0.1, -0.05) is 41.0 Å². The Kier molecular flexibility index (Phi) is 4.90. The summed E-state index contributed by atoms with van der Waals surface area (Å²) in [6, 6.07) is 12.9. The van der Waals surface area contributed by atoms with Gasteiger partial charge in [-0.25, -0.2) is 0 Å². The first-order valence-electron chi connectivity index (χ1n) is 6.28. The summed E-state index contributed by atoms with van der Waals surface area (Å²) in [6.07, 6.45) is 0. The zero-order chi connectivity index (χ0) is 15.2. The average Bonchev–Trinajstić information content (AvgIpc) is 2.53. The lowest BCUT2D eigenvalue weighted by molar-refractivity contribution is 0.318. The molecule has 0 heterocycles. The van der Waals surface area contributed by atoms with Crippen LogP contribution in [0.5, 0.6) is 5.75 Å². The summed E-state index contributed by atoms with van der Waals surface area (Å²) in [7, 11) is 1.58. The Morgan fingerprint density at radius 2 is 2.00 bits per heavy atom. The largest absolute Gasteiger partial charge is 0.495 e. The third-order valence-electron chi connectivity index (χ3n) is 3.01. The average molecular weight is 306 g/mol. The first kappa shape index (κ1) is 15.0. The van der Waals surface area contributed by atoms with Gasteiger partial charge in [0.1, 0.15) is 5.75 Å². The number of benzene rings is 2. The van der Waals surface area contributed by atoms with E-state index in [9.17, 15) is 0 Å². The van der Waals surface area contributed by atoms with Crippen LogP contribution in [0.1, 0.15) is 11.1 Å². The van der Waals surface area contributed by atoms with Crippen molar-refractivity contribution in [2.24, 2.45) is 10.9 Å². The number of halogens is 1. The molecule has 0 spiro atoms. The number of nitrogens with two attached hydrogens (primary N) is 1. The van der Waals surface area contributed by atoms with Crippen LogP contribution in [0.4, 0.5) is 5.69 Å². The molecule has 2 rings (SSSR count). The van der Waals surface area contributed by atoms with Crippen molar-refractivity contribution in [1.82, 2.24) is 0 Å². The van der Waals surface area contributed by atoms with E-state index >= 15 is 0 Å². The van der Waals surface area contributed by atoms with Gasteiger partial charge in [0.25, 0.3) is 0 Å². The number of rotatable bonds is 5. The number of hydrogen-bond donors (Lipinski definition) is 3. The van der Waals surface area contributed by atoms with Crippen LogP contribution in [0, 0.1) is 0 Å². The number of nitrogens with one attached hydrogen (secondary N) is 1. The number of nitrogens with zero attached hydrogens (tertiary/aromatic N) is 1. The van der Waals surface area contributed by atoms with Crippen LogP contribution in [0.2, 0.25) is 5.02 Å². The normalized spacial score (nSPS) is 11.2. The zero-order valence-corrected chi connectivity index (χ0v) is 12.3. The molecular weight excluding hydrogens is 290 g/mol. The molecule has 6 heteroatoms. The molecule has 4 N–H and O–H groups in total. The molecule has 110 valence electrons. The maximum Gasteiger partial charge on any atom is 0.170 e. The van der Waals surface area contributed by atoms with E-state index in [-0.39, 0.29) is 5.84 Å². The lowest BCUT2D eigenvalue weighted by Gasteiger charge is -2.10. The Labute approximate surface area is 128 Å². The first-order chi connectivity index (χ1) is 10.1. The predicted octanol–water partition coefficient (Wildman–Crippen LogP) is 3.06. The van der Waals surface area contributed by atoms with E-state index in [2.05, 4.69) is 10.5 Å². The molecule has 0 aliphatic carbocycles. The van der Waals surface area contributed by atoms with Crippen molar-refractivity contribution in [3.63, 3.8) is 0 Å². The van der Waals surface area contributed by atoms with Crippen LogP contribution in [-0.4, -0.2) is 18.2 Å². The fourth-order valence-corrected chi connectivity index (χ4v) is 2.02. The maximum absolute atomic E-state index is 8.61. The van der Waals surface area contributed by atoms with Gasteiger partial charge in [-0.15, -0.1) is 0 Å². The predicted molar refractivity (Wildman–Crippen MR) is 84.3 cm³/mol. The Morgan fingerprint density at radius 3 is 2.62 bits per heavy atom. The lowest BCUT2D eigenvalue weighted by Crippen LogP contribution is -2.13. The highest BCUT2D eigenvalue weighted by molar-refractivity contribution is 6.32. The number of methoxy groups -OCH3 is 1. The molecule has 0 aliphatic rings. The number of ether oxygens (including phenoxy) is 1. The third-order valence-corrected chi connectivity index (χ3v) is 3.32. The van der Waals surface area contributed by atoms with Gasteiger partial charge in [0.05, 0.1) is 12.1 Å². The second-order valence-corrected chi connectivity index (χ2v) is 4.79. The Hall–Kier alpha value is -2.40. The summed E-state index contributed by atoms with van der Waals surface area (Å²) in [5.41, 5.74) is 8.17. The molecule has 0 radical (unpaired) electrons. The molecule has 0 saturated carbocycles. The van der Waals surface area contributed by atoms with Crippen molar-refractivity contribution in [2.45, 2.75) is 6.54 Å². The highest BCUT2D eigenvalue weighted by Gasteiger charge is 2.03. The molecule has 0 amide bonds. The zero-order valence-electron chi connectivity index (χ0n) is 11.5. The molecule has 2 aromatic rings. The molecule has 5 nitrogen and oxygen atoms in total. The smallest absolute Gasteiger partial charge is 0.170 e. The second-order valence-electron chi connectivity index (χ2n) is 4.39. The fourth-order valence-electron chi connectivity index (χ4n) is 1.82. The van der Waals surface area contributed by atoms with Gasteiger partial charge < -0.3 is 21.0 Å². The van der Waals surface area contributed by atoms with Gasteiger partial charge in [0, 0.05) is 23.9 Å². The molecule has 0 unspecified atom stereocenters. The van der Waals surface area contributed by atoms with Crippen LogP contribution in [-0.2, 0) is 6.54 Å². The van der Waals surface area contributed by atoms with E-state index in [1.54, 1.807) is 25.3 Å². The van der Waals surface area contributed by atoms with Gasteiger partial charge in [0.15, 0.2) is 5.84 Å². The van der Waals surface area contributed by atoms with Gasteiger partial charge in [-0.2, -0.15) is 0 Å². The van der Waals surface area contributed by atoms with E-state index in [0.717, 1.165) is 11.3 Å². The van der Waals surface area contributed by atoms with Crippen LogP contribution in [0.3, 0.4) is 0 Å². The van der Waals surface area contributed by atoms with Crippen molar-refractivity contribution in [1.29, 1.82) is 0 Å². The van der Waals surface area contributed by atoms with Crippen LogP contribution in [0.15, 0.2) is 47.6 Å². The summed E-state index contributed by atoms with van der Waals surface area (Å²) >= 11 is 5.98. The number of hydrogen-bond acceptors (Lipinski definition) is 4. The Bertz CT molecular complexity index is 642. The topological polar surface area (TPSA) is 79.9 Å². The summed E-state index contributed by atoms with van der Waals surface area (Å²) in [6.45, 7) is 0.640. The Morgan fingerprint density at radius 1 is 1.29 bits per heavy atom. The van der Waals surface area contributed by atoms with Crippen molar-refractivity contribution in [3.8, 4) is 5.75 Å². The molecule has 0 aliphatic heterocycles. The molecule has 0 saturated heterocycles. The van der Waals surface area contributed by atoms with E-state index in [1.165, 1.54) is 0 Å². The minimum absolute atomic E-state index is 0.0944. The van der Waals surface area contributed by atoms with Crippen LogP contribution in [0.25, 0.3) is 0 Å². The standard InChI is InChI=1S/C15H16ClN3O2/c1-21-14-8-12(6-7-13(14)16)18-9-10-2-4-11(5-3-10)15(17)19-20/h2-8,18,20H,9H2,1H3,(H2,17,19). The third kappa shape index (κ3) is 3.79. The van der Waals surface area contributed by atoms with E-state index < -0.39 is 0 Å². The van der Waals surface area contributed by atoms with Crippen LogP contribution >= 0.6 is 11.6 Å². The van der Waals surface area contributed by atoms with Crippen molar-refractivity contribution >= 4 is 23.1 Å². The molecule has 0 fully saturated rings. The number of anilines is 1. The SMILES string of the molecule is COc1cc(NCc2ccc(/C(N)=N/O)cc2)ccc1Cl. The molecule has 0 bridgehead atoms. The quantitative estimate of drug-likeness (QED) is 0.343. The minimum Gasteiger partial charge on any atom is -0.495 e. The van der Waals surface area contributed by atoms with Crippen molar-refractivity contribution < 1.29 is 9.94 Å². The second kappa shape index (κ2) is 6.85. The molecule has 0 atom stereocenters. The summed E-state index contributed by atoms with van der Waals surface area (Å²) in [4.78, 5) is 0. The van der Waals surface area contributed by atoms with Crippen molar-refractivity contribution in [3.05, 3.63) is 58.6 Å². The number of oxime groups is 1. The lowest BCUT2D eigenvalue weighted by atomic mass is 10.1. The van der Waals surface area contributed by atoms with E-state index in [1.807, 2.05) is 24.3 Å². The molecule has 0 aromatic heterocycles. The van der Waals surface area contributed by atoms with Gasteiger partial charge in [0.2, 0.25) is 0 Å². The maximum atomic E-state index is 8.61. The molecular formula is C15H16ClN3O2. The summed E-state index contributed by atoms with van der Waals surface area (Å²) < 4.78 is 5.17. The van der Waals surface area contributed by atoms with E-state index in [4.69, 9.17) is 27.3 Å². The fraction of sp³-hybridized carbons (Fsp3) is 0.133. The summed E-state index contributed by atoms with van der Waals surface area (Å²) in [5, 5.41) is 15.4. The monoisotopic (exact) mass is 305 g/mol. The van der Waals surface area contributed by atoms with Crippen molar-refractivity contribution in [2.75, 3.05) is 12.4 Å². The van der Waals surface area contributed by atoms with Gasteiger partial charge in [-0.3, -0.25) is 0 Å². The first-order valence-corrected chi connectivity index (χ1v) is 6.66. The molecule has 21 heavy (non-hydrogen) atoms. The highest BCUT2D eigenvalue weighted by atomic mass is 35.5. The number of amidine groups is 1. The van der Waals surface area contributed by atoms with Gasteiger partial charge >= 0.3 is 0 Å². The minimum atomic E-state index is 0.0944. The molecule has 2 aromatic carbocycles. The Balaban J connectivity index is 2.03. The van der Waals surface area contributed by atoms with Gasteiger partial charge in [-0.05, 0) is 17.7 Å².